The molecule has 1 heterocycles. The lowest BCUT2D eigenvalue weighted by atomic mass is 10.1. The Morgan fingerprint density at radius 3 is 1.52 bits per heavy atom. The van der Waals surface area contributed by atoms with Crippen LogP contribution in [0.5, 0.6) is 0 Å². The van der Waals surface area contributed by atoms with Gasteiger partial charge in [-0.1, -0.05) is 26.7 Å². The van der Waals surface area contributed by atoms with Crippen LogP contribution in [0.2, 0.25) is 0 Å². The summed E-state index contributed by atoms with van der Waals surface area (Å²) in [6, 6.07) is 0. The average molecular weight is 332 g/mol. The highest BCUT2D eigenvalue weighted by Gasteiger charge is 2.54. The van der Waals surface area contributed by atoms with Gasteiger partial charge in [0.25, 0.3) is 11.8 Å². The number of ether oxygens (including phenoxy) is 2. The Hall–Kier alpha value is -1.22. The van der Waals surface area contributed by atoms with Crippen molar-refractivity contribution < 1.29 is 28.7 Å². The van der Waals surface area contributed by atoms with Gasteiger partial charge in [0, 0.05) is 26.9 Å². The number of carbonyl (C=O) groups excluding carboxylic acids is 2. The predicted molar refractivity (Wildman–Crippen MR) is 81.9 cm³/mol. The van der Waals surface area contributed by atoms with Crippen molar-refractivity contribution in [3.63, 3.8) is 0 Å². The van der Waals surface area contributed by atoms with Crippen LogP contribution in [-0.4, -0.2) is 68.3 Å². The molecule has 1 fully saturated rings. The summed E-state index contributed by atoms with van der Waals surface area (Å²) in [6.45, 7) is 4.00. The minimum atomic E-state index is -1.07. The Bertz CT molecular complexity index is 379. The minimum absolute atomic E-state index is 0.468. The van der Waals surface area contributed by atoms with Gasteiger partial charge < -0.3 is 9.47 Å². The van der Waals surface area contributed by atoms with Crippen LogP contribution in [0.4, 0.5) is 0 Å². The molecule has 0 spiro atoms. The zero-order valence-corrected chi connectivity index (χ0v) is 14.8. The Kier molecular flexibility index (Phi) is 7.40. The van der Waals surface area contributed by atoms with E-state index in [0.717, 1.165) is 23.0 Å². The molecule has 0 aromatic rings. The van der Waals surface area contributed by atoms with Crippen molar-refractivity contribution in [2.24, 2.45) is 0 Å². The molecule has 0 radical (unpaired) electrons. The van der Waals surface area contributed by atoms with Gasteiger partial charge >= 0.3 is 0 Å². The molecule has 1 rings (SSSR count). The van der Waals surface area contributed by atoms with Crippen molar-refractivity contribution in [1.82, 2.24) is 10.1 Å². The van der Waals surface area contributed by atoms with E-state index in [2.05, 4.69) is 0 Å². The molecule has 2 atom stereocenters. The SMILES string of the molecule is CCCC1(CCC)O[C@@H](C(=O)N(C)OC)[C@H](C(=O)N(C)OC)O1. The van der Waals surface area contributed by atoms with E-state index in [-0.39, 0.29) is 0 Å². The summed E-state index contributed by atoms with van der Waals surface area (Å²) in [5, 5.41) is 2.07. The van der Waals surface area contributed by atoms with Crippen molar-refractivity contribution >= 4 is 11.8 Å². The lowest BCUT2D eigenvalue weighted by Crippen LogP contribution is -2.48. The number of rotatable bonds is 8. The van der Waals surface area contributed by atoms with E-state index in [0.29, 0.717) is 12.8 Å². The van der Waals surface area contributed by atoms with Crippen LogP contribution in [0.15, 0.2) is 0 Å². The third-order valence-electron chi connectivity index (χ3n) is 3.88. The molecule has 8 nitrogen and oxygen atoms in total. The quantitative estimate of drug-likeness (QED) is 0.620. The summed E-state index contributed by atoms with van der Waals surface area (Å²) in [4.78, 5) is 34.8. The van der Waals surface area contributed by atoms with Gasteiger partial charge in [-0.25, -0.2) is 10.1 Å². The smallest absolute Gasteiger partial charge is 0.278 e. The lowest BCUT2D eigenvalue weighted by molar-refractivity contribution is -0.205. The molecule has 0 aromatic heterocycles. The summed E-state index contributed by atoms with van der Waals surface area (Å²) >= 11 is 0. The van der Waals surface area contributed by atoms with Gasteiger partial charge in [0.2, 0.25) is 0 Å². The fraction of sp³-hybridized carbons (Fsp3) is 0.867. The summed E-state index contributed by atoms with van der Waals surface area (Å²) in [5.41, 5.74) is 0. The van der Waals surface area contributed by atoms with Gasteiger partial charge in [-0.3, -0.25) is 19.3 Å². The second kappa shape index (κ2) is 8.58. The lowest BCUT2D eigenvalue weighted by Gasteiger charge is -2.27. The second-order valence-electron chi connectivity index (χ2n) is 5.52. The standard InChI is InChI=1S/C15H28N2O6/c1-7-9-15(10-8-2)22-11(13(18)16(3)20-5)12(23-15)14(19)17(4)21-6/h11-12H,7-10H2,1-6H3/t11-,12-/m1/s1. The summed E-state index contributed by atoms with van der Waals surface area (Å²) in [5.74, 6) is -1.87. The van der Waals surface area contributed by atoms with E-state index in [1.165, 1.54) is 28.3 Å². The number of hydrogen-bond donors (Lipinski definition) is 0. The first-order chi connectivity index (χ1) is 10.9. The molecular formula is C15H28N2O6. The summed E-state index contributed by atoms with van der Waals surface area (Å²) < 4.78 is 11.9. The molecular weight excluding hydrogens is 304 g/mol. The highest BCUT2D eigenvalue weighted by atomic mass is 16.8. The first-order valence-corrected chi connectivity index (χ1v) is 7.84. The van der Waals surface area contributed by atoms with Gasteiger partial charge in [0.05, 0.1) is 14.2 Å². The highest BCUT2D eigenvalue weighted by Crippen LogP contribution is 2.37. The van der Waals surface area contributed by atoms with Crippen molar-refractivity contribution in [3.05, 3.63) is 0 Å². The van der Waals surface area contributed by atoms with Crippen molar-refractivity contribution in [1.29, 1.82) is 0 Å². The van der Waals surface area contributed by atoms with Gasteiger partial charge in [-0.15, -0.1) is 0 Å². The molecule has 1 aliphatic heterocycles. The van der Waals surface area contributed by atoms with Crippen LogP contribution in [0.3, 0.4) is 0 Å². The van der Waals surface area contributed by atoms with Crippen LogP contribution in [0, 0.1) is 0 Å². The third-order valence-corrected chi connectivity index (χ3v) is 3.88. The maximum Gasteiger partial charge on any atom is 0.278 e. The number of nitrogens with zero attached hydrogens (tertiary/aromatic N) is 2. The Balaban J connectivity index is 3.10. The van der Waals surface area contributed by atoms with E-state index < -0.39 is 29.8 Å². The molecule has 0 aromatic carbocycles. The van der Waals surface area contributed by atoms with E-state index in [9.17, 15) is 9.59 Å². The Labute approximate surface area is 137 Å². The first-order valence-electron chi connectivity index (χ1n) is 7.84. The van der Waals surface area contributed by atoms with E-state index >= 15 is 0 Å². The van der Waals surface area contributed by atoms with Crippen LogP contribution in [-0.2, 0) is 28.7 Å². The van der Waals surface area contributed by atoms with Crippen molar-refractivity contribution in [2.75, 3.05) is 28.3 Å². The topological polar surface area (TPSA) is 77.5 Å². The molecule has 134 valence electrons. The van der Waals surface area contributed by atoms with Crippen LogP contribution in [0.25, 0.3) is 0 Å². The molecule has 0 saturated carbocycles. The third kappa shape index (κ3) is 4.41. The van der Waals surface area contributed by atoms with Gasteiger partial charge in [-0.2, -0.15) is 0 Å². The Morgan fingerprint density at radius 2 is 1.26 bits per heavy atom. The molecule has 8 heteroatoms. The van der Waals surface area contributed by atoms with E-state index in [4.69, 9.17) is 19.1 Å². The molecule has 2 amide bonds. The fourth-order valence-corrected chi connectivity index (χ4v) is 2.63. The fourth-order valence-electron chi connectivity index (χ4n) is 2.63. The van der Waals surface area contributed by atoms with Gasteiger partial charge in [0.15, 0.2) is 18.0 Å². The zero-order valence-electron chi connectivity index (χ0n) is 14.8. The molecule has 0 bridgehead atoms. The molecule has 0 unspecified atom stereocenters. The first kappa shape index (κ1) is 19.8. The molecule has 1 aliphatic rings. The number of likely N-dealkylation sites (N-methyl/N-ethyl adjacent to an activating group) is 2. The van der Waals surface area contributed by atoms with Crippen LogP contribution < -0.4 is 0 Å². The largest absolute Gasteiger partial charge is 0.333 e. The normalized spacial score (nSPS) is 22.9. The number of amides is 2. The van der Waals surface area contributed by atoms with Crippen LogP contribution >= 0.6 is 0 Å². The Morgan fingerprint density at radius 1 is 0.913 bits per heavy atom. The molecule has 0 N–H and O–H groups in total. The van der Waals surface area contributed by atoms with Crippen LogP contribution in [0.1, 0.15) is 39.5 Å². The molecule has 1 saturated heterocycles. The maximum absolute atomic E-state index is 12.5. The zero-order chi connectivity index (χ0) is 17.6. The van der Waals surface area contributed by atoms with E-state index in [1.54, 1.807) is 0 Å². The second-order valence-corrected chi connectivity index (χ2v) is 5.52. The highest BCUT2D eigenvalue weighted by molar-refractivity contribution is 5.90. The van der Waals surface area contributed by atoms with Gasteiger partial charge in [-0.05, 0) is 0 Å². The number of hydrogen-bond acceptors (Lipinski definition) is 6. The summed E-state index contributed by atoms with van der Waals surface area (Å²) in [6.07, 6.45) is 0.680. The van der Waals surface area contributed by atoms with Gasteiger partial charge in [0.1, 0.15) is 0 Å². The maximum atomic E-state index is 12.5. The average Bonchev–Trinajstić information content (AvgIpc) is 2.92. The number of carbonyl (C=O) groups is 2. The van der Waals surface area contributed by atoms with Crippen molar-refractivity contribution in [3.8, 4) is 0 Å². The molecule has 23 heavy (non-hydrogen) atoms. The monoisotopic (exact) mass is 332 g/mol. The molecule has 0 aliphatic carbocycles. The predicted octanol–water partition coefficient (Wildman–Crippen LogP) is 1.11. The minimum Gasteiger partial charge on any atom is -0.333 e. The van der Waals surface area contributed by atoms with Crippen molar-refractivity contribution in [2.45, 2.75) is 57.5 Å². The number of hydroxylamine groups is 4. The van der Waals surface area contributed by atoms with E-state index in [1.807, 2.05) is 13.8 Å². The summed E-state index contributed by atoms with van der Waals surface area (Å²) in [7, 11) is 5.67.